The number of ether oxygens (including phenoxy) is 2. The standard InChI is InChI=1S/C33H64O4/c1-30(2)24-18-12-7-5-9-16-22-28-36-32(34)26-20-14-11-15-21-27-33(35)37-29-23-17-10-6-8-13-19-25-31(3)4/h30-31H,5-29H2,1-4H3. The Bertz CT molecular complexity index is 457. The van der Waals surface area contributed by atoms with Gasteiger partial charge in [0.1, 0.15) is 0 Å². The lowest BCUT2D eigenvalue weighted by atomic mass is 10.0. The van der Waals surface area contributed by atoms with Gasteiger partial charge in [0, 0.05) is 12.8 Å². The Morgan fingerprint density at radius 1 is 0.405 bits per heavy atom. The van der Waals surface area contributed by atoms with Crippen LogP contribution in [0, 0.1) is 11.8 Å². The Kier molecular flexibility index (Phi) is 27.2. The molecule has 37 heavy (non-hydrogen) atoms. The zero-order chi connectivity index (χ0) is 27.4. The second kappa shape index (κ2) is 28.0. The SMILES string of the molecule is CC(C)CCCCCCCCCOC(=O)CCCCCCCC(=O)OCCCCCCCCCC(C)C. The first-order valence-corrected chi connectivity index (χ1v) is 16.2. The molecule has 220 valence electrons. The van der Waals surface area contributed by atoms with E-state index in [2.05, 4.69) is 27.7 Å². The summed E-state index contributed by atoms with van der Waals surface area (Å²) in [7, 11) is 0. The fraction of sp³-hybridized carbons (Fsp3) is 0.939. The highest BCUT2D eigenvalue weighted by Crippen LogP contribution is 2.14. The molecular weight excluding hydrogens is 460 g/mol. The van der Waals surface area contributed by atoms with E-state index in [9.17, 15) is 9.59 Å². The summed E-state index contributed by atoms with van der Waals surface area (Å²) in [5.41, 5.74) is 0. The van der Waals surface area contributed by atoms with Crippen molar-refractivity contribution in [3.8, 4) is 0 Å². The Morgan fingerprint density at radius 3 is 1.00 bits per heavy atom. The van der Waals surface area contributed by atoms with Crippen LogP contribution in [0.3, 0.4) is 0 Å². The van der Waals surface area contributed by atoms with E-state index in [1.165, 1.54) is 89.9 Å². The molecule has 0 unspecified atom stereocenters. The smallest absolute Gasteiger partial charge is 0.305 e. The van der Waals surface area contributed by atoms with Crippen LogP contribution in [0.2, 0.25) is 0 Å². The van der Waals surface area contributed by atoms with E-state index >= 15 is 0 Å². The van der Waals surface area contributed by atoms with Crippen molar-refractivity contribution in [3.05, 3.63) is 0 Å². The van der Waals surface area contributed by atoms with Crippen LogP contribution < -0.4 is 0 Å². The van der Waals surface area contributed by atoms with Crippen LogP contribution in [0.25, 0.3) is 0 Å². The van der Waals surface area contributed by atoms with Crippen molar-refractivity contribution >= 4 is 11.9 Å². The zero-order valence-corrected chi connectivity index (χ0v) is 25.5. The first kappa shape index (κ1) is 35.9. The number of carbonyl (C=O) groups excluding carboxylic acids is 2. The fourth-order valence-electron chi connectivity index (χ4n) is 4.66. The lowest BCUT2D eigenvalue weighted by molar-refractivity contribution is -0.144. The van der Waals surface area contributed by atoms with Gasteiger partial charge in [0.05, 0.1) is 13.2 Å². The van der Waals surface area contributed by atoms with Crippen molar-refractivity contribution in [1.29, 1.82) is 0 Å². The molecule has 0 spiro atoms. The quantitative estimate of drug-likeness (QED) is 0.0754. The first-order chi connectivity index (χ1) is 17.9. The third-order valence-corrected chi connectivity index (χ3v) is 7.14. The second-order valence-electron chi connectivity index (χ2n) is 12.0. The molecule has 4 nitrogen and oxygen atoms in total. The van der Waals surface area contributed by atoms with E-state index in [0.29, 0.717) is 26.1 Å². The molecule has 0 atom stereocenters. The van der Waals surface area contributed by atoms with Gasteiger partial charge in [0.25, 0.3) is 0 Å². The lowest BCUT2D eigenvalue weighted by Crippen LogP contribution is -2.06. The van der Waals surface area contributed by atoms with Crippen LogP contribution in [0.15, 0.2) is 0 Å². The molecule has 0 bridgehead atoms. The molecule has 0 radical (unpaired) electrons. The Balaban J connectivity index is 3.28. The van der Waals surface area contributed by atoms with Crippen LogP contribution in [0.5, 0.6) is 0 Å². The summed E-state index contributed by atoms with van der Waals surface area (Å²) >= 11 is 0. The van der Waals surface area contributed by atoms with Crippen molar-refractivity contribution in [2.75, 3.05) is 13.2 Å². The van der Waals surface area contributed by atoms with Gasteiger partial charge in [-0.1, -0.05) is 137 Å². The van der Waals surface area contributed by atoms with Crippen molar-refractivity contribution in [2.45, 2.75) is 175 Å². The second-order valence-corrected chi connectivity index (χ2v) is 12.0. The van der Waals surface area contributed by atoms with Gasteiger partial charge in [-0.15, -0.1) is 0 Å². The highest BCUT2D eigenvalue weighted by molar-refractivity contribution is 5.69. The monoisotopic (exact) mass is 524 g/mol. The van der Waals surface area contributed by atoms with Gasteiger partial charge in [0.15, 0.2) is 0 Å². The van der Waals surface area contributed by atoms with Crippen LogP contribution in [0.1, 0.15) is 175 Å². The van der Waals surface area contributed by atoms with Crippen LogP contribution in [-0.4, -0.2) is 25.2 Å². The maximum Gasteiger partial charge on any atom is 0.305 e. The van der Waals surface area contributed by atoms with E-state index in [1.807, 2.05) is 0 Å². The van der Waals surface area contributed by atoms with Gasteiger partial charge in [-0.3, -0.25) is 9.59 Å². The molecule has 0 saturated heterocycles. The Hall–Kier alpha value is -1.06. The van der Waals surface area contributed by atoms with Gasteiger partial charge in [-0.2, -0.15) is 0 Å². The van der Waals surface area contributed by atoms with Crippen LogP contribution >= 0.6 is 0 Å². The minimum atomic E-state index is -0.0524. The predicted octanol–water partition coefficient (Wildman–Crippen LogP) is 10.4. The minimum Gasteiger partial charge on any atom is -0.466 e. The number of hydrogen-bond acceptors (Lipinski definition) is 4. The summed E-state index contributed by atoms with van der Waals surface area (Å²) in [6.45, 7) is 10.3. The maximum absolute atomic E-state index is 11.8. The normalized spacial score (nSPS) is 11.4. The van der Waals surface area contributed by atoms with Gasteiger partial charge >= 0.3 is 11.9 Å². The summed E-state index contributed by atoms with van der Waals surface area (Å²) in [6.07, 6.45) is 26.2. The molecule has 0 amide bonds. The molecule has 0 N–H and O–H groups in total. The molecule has 0 aliphatic heterocycles. The molecule has 0 aromatic heterocycles. The number of hydrogen-bond donors (Lipinski definition) is 0. The number of carbonyl (C=O) groups is 2. The van der Waals surface area contributed by atoms with Crippen molar-refractivity contribution in [3.63, 3.8) is 0 Å². The van der Waals surface area contributed by atoms with Gasteiger partial charge in [0.2, 0.25) is 0 Å². The Morgan fingerprint density at radius 2 is 0.676 bits per heavy atom. The van der Waals surface area contributed by atoms with Gasteiger partial charge in [-0.25, -0.2) is 0 Å². The largest absolute Gasteiger partial charge is 0.466 e. The molecule has 0 aromatic carbocycles. The van der Waals surface area contributed by atoms with E-state index in [-0.39, 0.29) is 11.9 Å². The lowest BCUT2D eigenvalue weighted by Gasteiger charge is -2.06. The van der Waals surface area contributed by atoms with E-state index in [0.717, 1.165) is 56.8 Å². The molecule has 0 rings (SSSR count). The number of unbranched alkanes of at least 4 members (excludes halogenated alkanes) is 16. The van der Waals surface area contributed by atoms with Crippen LogP contribution in [-0.2, 0) is 19.1 Å². The van der Waals surface area contributed by atoms with E-state index in [1.54, 1.807) is 0 Å². The predicted molar refractivity (Wildman–Crippen MR) is 158 cm³/mol. The molecule has 4 heteroatoms. The Labute approximate surface area is 231 Å². The van der Waals surface area contributed by atoms with Gasteiger partial charge < -0.3 is 9.47 Å². The minimum absolute atomic E-state index is 0.0524. The fourth-order valence-corrected chi connectivity index (χ4v) is 4.66. The third kappa shape index (κ3) is 31.1. The molecule has 0 aliphatic carbocycles. The molecule has 0 heterocycles. The van der Waals surface area contributed by atoms with Gasteiger partial charge in [-0.05, 0) is 37.5 Å². The number of esters is 2. The molecule has 0 aromatic rings. The highest BCUT2D eigenvalue weighted by Gasteiger charge is 2.05. The van der Waals surface area contributed by atoms with Crippen molar-refractivity contribution in [1.82, 2.24) is 0 Å². The zero-order valence-electron chi connectivity index (χ0n) is 25.5. The first-order valence-electron chi connectivity index (χ1n) is 16.2. The maximum atomic E-state index is 11.8. The summed E-state index contributed by atoms with van der Waals surface area (Å²) in [5, 5.41) is 0. The molecule has 0 saturated carbocycles. The molecular formula is C33H64O4. The molecule has 0 aliphatic rings. The summed E-state index contributed by atoms with van der Waals surface area (Å²) in [4.78, 5) is 23.7. The van der Waals surface area contributed by atoms with Crippen molar-refractivity contribution in [2.24, 2.45) is 11.8 Å². The average Bonchev–Trinajstić information content (AvgIpc) is 2.85. The van der Waals surface area contributed by atoms with Crippen LogP contribution in [0.4, 0.5) is 0 Å². The topological polar surface area (TPSA) is 52.6 Å². The average molecular weight is 525 g/mol. The number of rotatable bonds is 28. The summed E-state index contributed by atoms with van der Waals surface area (Å²) in [5.74, 6) is 1.55. The van der Waals surface area contributed by atoms with Crippen molar-refractivity contribution < 1.29 is 19.1 Å². The summed E-state index contributed by atoms with van der Waals surface area (Å²) < 4.78 is 10.7. The third-order valence-electron chi connectivity index (χ3n) is 7.14. The molecule has 0 fully saturated rings. The summed E-state index contributed by atoms with van der Waals surface area (Å²) in [6, 6.07) is 0. The van der Waals surface area contributed by atoms with E-state index < -0.39 is 0 Å². The highest BCUT2D eigenvalue weighted by atomic mass is 16.5. The van der Waals surface area contributed by atoms with E-state index in [4.69, 9.17) is 9.47 Å².